The molecule has 0 unspecified atom stereocenters. The molecule has 0 amide bonds. The number of imidazole rings is 1. The van der Waals surface area contributed by atoms with Crippen LogP contribution in [0, 0.1) is 6.92 Å². The average molecular weight is 465 g/mol. The molecule has 1 aliphatic rings. The van der Waals surface area contributed by atoms with Crippen molar-refractivity contribution in [2.45, 2.75) is 39.8 Å². The Balaban J connectivity index is 0.00000274. The van der Waals surface area contributed by atoms with Gasteiger partial charge in [0.25, 0.3) is 0 Å². The van der Waals surface area contributed by atoms with Crippen LogP contribution in [0.4, 0.5) is 5.69 Å². The largest absolute Gasteiger partial charge is 0.489 e. The number of nitrogens with zero attached hydrogens (tertiary/aromatic N) is 2. The van der Waals surface area contributed by atoms with Crippen LogP contribution < -0.4 is 10.1 Å². The Morgan fingerprint density at radius 2 is 2.00 bits per heavy atom. The predicted octanol–water partition coefficient (Wildman–Crippen LogP) is 5.12. The standard InChI is InChI=1S/C27H27N3O3.Na/c1-4-27-29-22-9-5-6-10-24(22)30(27)23-11-7-8-19(17(23)2)15-28-20-12-13-21-25(14-20)32-16-26(21)33-18(3)31;/h5-14,26,28H,4,15-16H2,1-3H3;/t26-;/m1./s1. The maximum atomic E-state index is 11.3. The van der Waals surface area contributed by atoms with Gasteiger partial charge in [-0.25, -0.2) is 4.98 Å². The summed E-state index contributed by atoms with van der Waals surface area (Å²) < 4.78 is 13.3. The van der Waals surface area contributed by atoms with Gasteiger partial charge in [-0.15, -0.1) is 0 Å². The van der Waals surface area contributed by atoms with Gasteiger partial charge < -0.3 is 14.8 Å². The zero-order chi connectivity index (χ0) is 22.9. The second-order valence-electron chi connectivity index (χ2n) is 8.28. The summed E-state index contributed by atoms with van der Waals surface area (Å²) in [5.41, 5.74) is 7.60. The molecule has 34 heavy (non-hydrogen) atoms. The molecule has 0 aliphatic carbocycles. The Hall–Kier alpha value is -2.80. The zero-order valence-electron chi connectivity index (χ0n) is 20.1. The normalized spacial score (nSPS) is 14.3. The van der Waals surface area contributed by atoms with Crippen LogP contribution in [0.2, 0.25) is 0 Å². The number of benzene rings is 3. The molecule has 0 spiro atoms. The molecule has 1 N–H and O–H groups in total. The number of aryl methyl sites for hydroxylation is 1. The van der Waals surface area contributed by atoms with Gasteiger partial charge in [0.1, 0.15) is 18.2 Å². The van der Waals surface area contributed by atoms with E-state index in [0.717, 1.165) is 46.0 Å². The summed E-state index contributed by atoms with van der Waals surface area (Å²) in [5, 5.41) is 3.51. The Morgan fingerprint density at radius 1 is 1.18 bits per heavy atom. The summed E-state index contributed by atoms with van der Waals surface area (Å²) in [6.07, 6.45) is 0.531. The van der Waals surface area contributed by atoms with E-state index in [2.05, 4.69) is 60.1 Å². The van der Waals surface area contributed by atoms with E-state index in [9.17, 15) is 4.79 Å². The average Bonchev–Trinajstić information content (AvgIpc) is 3.39. The van der Waals surface area contributed by atoms with Crippen LogP contribution in [-0.2, 0) is 22.5 Å². The number of anilines is 1. The first kappa shape index (κ1) is 24.3. The number of esters is 1. The van der Waals surface area contributed by atoms with Gasteiger partial charge in [-0.05, 0) is 48.4 Å². The number of ether oxygens (including phenoxy) is 2. The summed E-state index contributed by atoms with van der Waals surface area (Å²) in [4.78, 5) is 16.1. The van der Waals surface area contributed by atoms with Crippen molar-refractivity contribution >= 4 is 52.2 Å². The summed E-state index contributed by atoms with van der Waals surface area (Å²) in [7, 11) is 0. The fourth-order valence-electron chi connectivity index (χ4n) is 4.47. The monoisotopic (exact) mass is 464 g/mol. The van der Waals surface area contributed by atoms with Crippen molar-refractivity contribution in [1.29, 1.82) is 0 Å². The summed E-state index contributed by atoms with van der Waals surface area (Å²) in [6, 6.07) is 20.6. The molecule has 1 aromatic heterocycles. The first-order valence-electron chi connectivity index (χ1n) is 11.3. The van der Waals surface area contributed by atoms with Gasteiger partial charge in [0.2, 0.25) is 0 Å². The van der Waals surface area contributed by atoms with Crippen LogP contribution in [-0.4, -0.2) is 51.7 Å². The topological polar surface area (TPSA) is 65.4 Å². The van der Waals surface area contributed by atoms with E-state index in [0.29, 0.717) is 13.2 Å². The van der Waals surface area contributed by atoms with Gasteiger partial charge >= 0.3 is 5.97 Å². The molecular weight excluding hydrogens is 437 g/mol. The van der Waals surface area contributed by atoms with Gasteiger partial charge in [0, 0.05) is 66.8 Å². The molecule has 5 rings (SSSR count). The molecule has 0 bridgehead atoms. The van der Waals surface area contributed by atoms with Crippen LogP contribution in [0.25, 0.3) is 16.7 Å². The van der Waals surface area contributed by atoms with Crippen molar-refractivity contribution in [1.82, 2.24) is 9.55 Å². The summed E-state index contributed by atoms with van der Waals surface area (Å²) in [5.74, 6) is 1.52. The number of carbonyl (C=O) groups excluding carboxylic acids is 1. The van der Waals surface area contributed by atoms with Crippen molar-refractivity contribution in [3.8, 4) is 11.4 Å². The Labute approximate surface area is 221 Å². The fourth-order valence-corrected chi connectivity index (χ4v) is 4.47. The van der Waals surface area contributed by atoms with Crippen molar-refractivity contribution in [2.24, 2.45) is 0 Å². The van der Waals surface area contributed by atoms with E-state index >= 15 is 0 Å². The number of fused-ring (bicyclic) bond motifs is 2. The molecular formula is C27H27N3NaO3. The van der Waals surface area contributed by atoms with Crippen LogP contribution in [0.5, 0.6) is 5.75 Å². The number of rotatable bonds is 6. The van der Waals surface area contributed by atoms with Gasteiger partial charge in [-0.2, -0.15) is 0 Å². The minimum absolute atomic E-state index is 0. The smallest absolute Gasteiger partial charge is 0.303 e. The third-order valence-electron chi connectivity index (χ3n) is 6.15. The predicted molar refractivity (Wildman–Crippen MR) is 135 cm³/mol. The number of carbonyl (C=O) groups is 1. The quantitative estimate of drug-likeness (QED) is 0.317. The van der Waals surface area contributed by atoms with E-state index in [1.165, 1.54) is 18.1 Å². The van der Waals surface area contributed by atoms with E-state index < -0.39 is 0 Å². The molecule has 4 aromatic rings. The maximum absolute atomic E-state index is 11.3. The van der Waals surface area contributed by atoms with E-state index in [1.54, 1.807) is 0 Å². The second-order valence-corrected chi connectivity index (χ2v) is 8.28. The number of nitrogens with one attached hydrogen (secondary N) is 1. The van der Waals surface area contributed by atoms with Crippen molar-refractivity contribution in [3.63, 3.8) is 0 Å². The molecule has 2 heterocycles. The van der Waals surface area contributed by atoms with Crippen molar-refractivity contribution in [3.05, 3.63) is 83.2 Å². The minimum Gasteiger partial charge on any atom is -0.489 e. The molecule has 7 heteroatoms. The molecule has 6 nitrogen and oxygen atoms in total. The molecule has 169 valence electrons. The number of hydrogen-bond acceptors (Lipinski definition) is 5. The zero-order valence-corrected chi connectivity index (χ0v) is 22.1. The van der Waals surface area contributed by atoms with Gasteiger partial charge in [0.05, 0.1) is 16.7 Å². The third kappa shape index (κ3) is 4.58. The van der Waals surface area contributed by atoms with Gasteiger partial charge in [-0.1, -0.05) is 31.2 Å². The molecule has 1 atom stereocenters. The third-order valence-corrected chi connectivity index (χ3v) is 6.15. The molecule has 0 fully saturated rings. The minimum atomic E-state index is -0.330. The van der Waals surface area contributed by atoms with Crippen LogP contribution in [0.3, 0.4) is 0 Å². The van der Waals surface area contributed by atoms with E-state index in [-0.39, 0.29) is 41.6 Å². The molecule has 3 aromatic carbocycles. The number of hydrogen-bond donors (Lipinski definition) is 1. The molecule has 0 saturated carbocycles. The molecule has 1 radical (unpaired) electrons. The number of para-hydroxylation sites is 2. The SMILES string of the molecule is CCc1nc2ccccc2n1-c1cccc(CNc2ccc3c(c2)OC[C@H]3OC(C)=O)c1C.[Na]. The first-order chi connectivity index (χ1) is 16.0. The fraction of sp³-hybridized carbons (Fsp3) is 0.259. The van der Waals surface area contributed by atoms with Crippen molar-refractivity contribution < 1.29 is 14.3 Å². The first-order valence-corrected chi connectivity index (χ1v) is 11.3. The van der Waals surface area contributed by atoms with Crippen molar-refractivity contribution in [2.75, 3.05) is 11.9 Å². The Morgan fingerprint density at radius 3 is 2.79 bits per heavy atom. The molecule has 1 aliphatic heterocycles. The second kappa shape index (κ2) is 10.2. The van der Waals surface area contributed by atoms with E-state index in [4.69, 9.17) is 14.5 Å². The Bertz CT molecular complexity index is 1350. The van der Waals surface area contributed by atoms with Crippen LogP contribution >= 0.6 is 0 Å². The van der Waals surface area contributed by atoms with Crippen LogP contribution in [0.15, 0.2) is 60.7 Å². The van der Waals surface area contributed by atoms with Crippen LogP contribution in [0.1, 0.15) is 42.5 Å². The summed E-state index contributed by atoms with van der Waals surface area (Å²) in [6.45, 7) is 6.76. The van der Waals surface area contributed by atoms with E-state index in [1.807, 2.05) is 24.3 Å². The van der Waals surface area contributed by atoms with Gasteiger partial charge in [-0.3, -0.25) is 9.36 Å². The maximum Gasteiger partial charge on any atom is 0.303 e. The molecule has 0 saturated heterocycles. The Kier molecular flexibility index (Phi) is 7.31. The van der Waals surface area contributed by atoms with Gasteiger partial charge in [0.15, 0.2) is 6.10 Å². The number of aromatic nitrogens is 2. The summed E-state index contributed by atoms with van der Waals surface area (Å²) >= 11 is 0.